The van der Waals surface area contributed by atoms with Crippen LogP contribution in [-0.2, 0) is 0 Å². The first-order valence-electron chi connectivity index (χ1n) is 6.43. The van der Waals surface area contributed by atoms with E-state index in [1.165, 1.54) is 12.1 Å². The monoisotopic (exact) mass is 295 g/mol. The molecule has 0 fully saturated rings. The van der Waals surface area contributed by atoms with Gasteiger partial charge in [0.25, 0.3) is 0 Å². The van der Waals surface area contributed by atoms with Crippen LogP contribution in [0.2, 0.25) is 5.02 Å². The fraction of sp³-hybridized carbons (Fsp3) is 0.250. The van der Waals surface area contributed by atoms with E-state index >= 15 is 0 Å². The van der Waals surface area contributed by atoms with E-state index in [0.717, 1.165) is 11.6 Å². The molecular formula is C16H16ClF2N. The zero-order valence-corrected chi connectivity index (χ0v) is 12.1. The van der Waals surface area contributed by atoms with Crippen molar-refractivity contribution in [3.63, 3.8) is 0 Å². The molecule has 0 heterocycles. The number of halogens is 3. The van der Waals surface area contributed by atoms with Crippen LogP contribution in [-0.4, -0.2) is 0 Å². The largest absolute Gasteiger partial charge is 0.304 e. The zero-order chi connectivity index (χ0) is 14.7. The minimum absolute atomic E-state index is 0.0496. The summed E-state index contributed by atoms with van der Waals surface area (Å²) in [7, 11) is 0. The van der Waals surface area contributed by atoms with E-state index in [4.69, 9.17) is 11.6 Å². The maximum absolute atomic E-state index is 13.2. The predicted molar refractivity (Wildman–Crippen MR) is 77.8 cm³/mol. The first kappa shape index (κ1) is 14.9. The standard InChI is InChI=1S/C16H16ClF2N/c1-10(12-3-5-14(17)6-4-12)20-11(2)13-7-15(18)9-16(19)8-13/h3-11,20H,1-2H3. The second-order valence-electron chi connectivity index (χ2n) is 4.86. The summed E-state index contributed by atoms with van der Waals surface area (Å²) >= 11 is 5.85. The molecular weight excluding hydrogens is 280 g/mol. The molecule has 0 amide bonds. The van der Waals surface area contributed by atoms with Gasteiger partial charge in [0.1, 0.15) is 11.6 Å². The number of nitrogens with one attached hydrogen (secondary N) is 1. The van der Waals surface area contributed by atoms with E-state index in [0.29, 0.717) is 10.6 Å². The first-order valence-corrected chi connectivity index (χ1v) is 6.81. The van der Waals surface area contributed by atoms with Crippen molar-refractivity contribution in [2.24, 2.45) is 0 Å². The van der Waals surface area contributed by atoms with Crippen LogP contribution in [0.15, 0.2) is 42.5 Å². The normalized spacial score (nSPS) is 14.1. The van der Waals surface area contributed by atoms with Crippen LogP contribution in [0.25, 0.3) is 0 Å². The number of rotatable bonds is 4. The highest BCUT2D eigenvalue weighted by Gasteiger charge is 2.13. The lowest BCUT2D eigenvalue weighted by Gasteiger charge is -2.21. The predicted octanol–water partition coefficient (Wildman–Crippen LogP) is 5.03. The summed E-state index contributed by atoms with van der Waals surface area (Å²) in [6.07, 6.45) is 0. The molecule has 2 atom stereocenters. The molecule has 2 unspecified atom stereocenters. The van der Waals surface area contributed by atoms with Gasteiger partial charge in [0, 0.05) is 23.2 Å². The number of benzene rings is 2. The lowest BCUT2D eigenvalue weighted by molar-refractivity contribution is 0.487. The molecule has 0 aliphatic carbocycles. The Kier molecular flexibility index (Phi) is 4.73. The second kappa shape index (κ2) is 6.33. The molecule has 20 heavy (non-hydrogen) atoms. The maximum Gasteiger partial charge on any atom is 0.126 e. The van der Waals surface area contributed by atoms with Crippen molar-refractivity contribution in [1.29, 1.82) is 0 Å². The Balaban J connectivity index is 2.10. The van der Waals surface area contributed by atoms with Crippen molar-refractivity contribution in [1.82, 2.24) is 5.32 Å². The van der Waals surface area contributed by atoms with Crippen molar-refractivity contribution in [2.75, 3.05) is 0 Å². The van der Waals surface area contributed by atoms with E-state index in [1.807, 2.05) is 38.1 Å². The van der Waals surface area contributed by atoms with Crippen LogP contribution in [0.3, 0.4) is 0 Å². The molecule has 0 saturated carbocycles. The quantitative estimate of drug-likeness (QED) is 0.834. The Morgan fingerprint density at radius 2 is 1.35 bits per heavy atom. The van der Waals surface area contributed by atoms with Crippen LogP contribution < -0.4 is 5.32 Å². The van der Waals surface area contributed by atoms with E-state index < -0.39 is 11.6 Å². The molecule has 1 nitrogen and oxygen atoms in total. The first-order chi connectivity index (χ1) is 9.45. The summed E-state index contributed by atoms with van der Waals surface area (Å²) in [5.74, 6) is -1.12. The molecule has 0 spiro atoms. The van der Waals surface area contributed by atoms with Gasteiger partial charge in [-0.15, -0.1) is 0 Å². The molecule has 4 heteroatoms. The highest BCUT2D eigenvalue weighted by Crippen LogP contribution is 2.22. The van der Waals surface area contributed by atoms with Crippen LogP contribution in [0.4, 0.5) is 8.78 Å². The van der Waals surface area contributed by atoms with E-state index in [-0.39, 0.29) is 12.1 Å². The summed E-state index contributed by atoms with van der Waals surface area (Å²) in [5.41, 5.74) is 1.65. The van der Waals surface area contributed by atoms with Gasteiger partial charge in [-0.1, -0.05) is 23.7 Å². The highest BCUT2D eigenvalue weighted by molar-refractivity contribution is 6.30. The lowest BCUT2D eigenvalue weighted by atomic mass is 10.0. The van der Waals surface area contributed by atoms with Crippen molar-refractivity contribution in [2.45, 2.75) is 25.9 Å². The van der Waals surface area contributed by atoms with Gasteiger partial charge in [-0.25, -0.2) is 8.78 Å². The molecule has 0 aliphatic rings. The summed E-state index contributed by atoms with van der Waals surface area (Å²) in [6.45, 7) is 3.87. The third-order valence-electron chi connectivity index (χ3n) is 3.25. The Bertz CT molecular complexity index is 563. The Morgan fingerprint density at radius 1 is 0.850 bits per heavy atom. The number of hydrogen-bond acceptors (Lipinski definition) is 1. The van der Waals surface area contributed by atoms with Gasteiger partial charge in [-0.3, -0.25) is 0 Å². The summed E-state index contributed by atoms with van der Waals surface area (Å²) in [6, 6.07) is 10.9. The van der Waals surface area contributed by atoms with Crippen LogP contribution in [0.1, 0.15) is 37.1 Å². The van der Waals surface area contributed by atoms with Crippen molar-refractivity contribution in [3.05, 3.63) is 70.2 Å². The minimum Gasteiger partial charge on any atom is -0.304 e. The van der Waals surface area contributed by atoms with Gasteiger partial charge >= 0.3 is 0 Å². The molecule has 0 aliphatic heterocycles. The zero-order valence-electron chi connectivity index (χ0n) is 11.3. The van der Waals surface area contributed by atoms with Gasteiger partial charge in [0.05, 0.1) is 0 Å². The summed E-state index contributed by atoms with van der Waals surface area (Å²) in [4.78, 5) is 0. The average molecular weight is 296 g/mol. The molecule has 2 rings (SSSR count). The van der Waals surface area contributed by atoms with E-state index in [9.17, 15) is 8.78 Å². The molecule has 0 bridgehead atoms. The van der Waals surface area contributed by atoms with Gasteiger partial charge in [0.2, 0.25) is 0 Å². The molecule has 2 aromatic rings. The van der Waals surface area contributed by atoms with Gasteiger partial charge in [-0.2, -0.15) is 0 Å². The van der Waals surface area contributed by atoms with Crippen LogP contribution >= 0.6 is 11.6 Å². The lowest BCUT2D eigenvalue weighted by Crippen LogP contribution is -2.22. The van der Waals surface area contributed by atoms with E-state index in [1.54, 1.807) is 0 Å². The van der Waals surface area contributed by atoms with Crippen LogP contribution in [0, 0.1) is 11.6 Å². The fourth-order valence-corrected chi connectivity index (χ4v) is 2.27. The molecule has 2 aromatic carbocycles. The average Bonchev–Trinajstić information content (AvgIpc) is 2.38. The third-order valence-corrected chi connectivity index (χ3v) is 3.51. The van der Waals surface area contributed by atoms with Crippen molar-refractivity contribution >= 4 is 11.6 Å². The third kappa shape index (κ3) is 3.78. The van der Waals surface area contributed by atoms with Gasteiger partial charge < -0.3 is 5.32 Å². The smallest absolute Gasteiger partial charge is 0.126 e. The van der Waals surface area contributed by atoms with Gasteiger partial charge in [0.15, 0.2) is 0 Å². The van der Waals surface area contributed by atoms with Crippen LogP contribution in [0.5, 0.6) is 0 Å². The Morgan fingerprint density at radius 3 is 1.90 bits per heavy atom. The van der Waals surface area contributed by atoms with Crippen molar-refractivity contribution in [3.8, 4) is 0 Å². The maximum atomic E-state index is 13.2. The SMILES string of the molecule is CC(NC(C)c1cc(F)cc(F)c1)c1ccc(Cl)cc1. The van der Waals surface area contributed by atoms with E-state index in [2.05, 4.69) is 5.32 Å². The highest BCUT2D eigenvalue weighted by atomic mass is 35.5. The summed E-state index contributed by atoms with van der Waals surface area (Å²) in [5, 5.41) is 3.99. The molecule has 1 N–H and O–H groups in total. The second-order valence-corrected chi connectivity index (χ2v) is 5.30. The Hall–Kier alpha value is -1.45. The van der Waals surface area contributed by atoms with Gasteiger partial charge in [-0.05, 0) is 49.2 Å². The van der Waals surface area contributed by atoms with Crippen molar-refractivity contribution < 1.29 is 8.78 Å². The number of hydrogen-bond donors (Lipinski definition) is 1. The molecule has 0 aromatic heterocycles. The summed E-state index contributed by atoms with van der Waals surface area (Å²) < 4.78 is 26.4. The topological polar surface area (TPSA) is 12.0 Å². The minimum atomic E-state index is -0.562. The fourth-order valence-electron chi connectivity index (χ4n) is 2.14. The molecule has 0 saturated heterocycles. The Labute approximate surface area is 122 Å². The molecule has 106 valence electrons. The molecule has 0 radical (unpaired) electrons.